The lowest BCUT2D eigenvalue weighted by Gasteiger charge is -2.10. The first-order valence-electron chi connectivity index (χ1n) is 6.09. The van der Waals surface area contributed by atoms with Gasteiger partial charge in [0.05, 0.1) is 17.1 Å². The van der Waals surface area contributed by atoms with Crippen molar-refractivity contribution in [2.45, 2.75) is 33.6 Å². The lowest BCUT2D eigenvalue weighted by molar-refractivity contribution is 0.893. The minimum absolute atomic E-state index is 0.698. The van der Waals surface area contributed by atoms with Crippen LogP contribution in [0.15, 0.2) is 5.38 Å². The number of thiazole rings is 1. The largest absolute Gasteiger partial charge is 0.373 e. The smallest absolute Gasteiger partial charge is 0.136 e. The molecule has 2 aromatic heterocycles. The minimum Gasteiger partial charge on any atom is -0.373 e. The van der Waals surface area contributed by atoms with Crippen molar-refractivity contribution in [2.24, 2.45) is 0 Å². The Kier molecular flexibility index (Phi) is 3.91. The Morgan fingerprint density at radius 1 is 1.22 bits per heavy atom. The Morgan fingerprint density at radius 2 is 2.00 bits per heavy atom. The van der Waals surface area contributed by atoms with E-state index in [1.54, 1.807) is 11.3 Å². The maximum Gasteiger partial charge on any atom is 0.136 e. The van der Waals surface area contributed by atoms with Gasteiger partial charge >= 0.3 is 0 Å². The molecule has 1 N–H and O–H groups in total. The number of rotatable bonds is 4. The molecule has 0 aliphatic carbocycles. The third-order valence-corrected chi connectivity index (χ3v) is 3.68. The fourth-order valence-corrected chi connectivity index (χ4v) is 2.63. The van der Waals surface area contributed by atoms with Crippen molar-refractivity contribution in [3.63, 3.8) is 0 Å². The molecule has 0 unspecified atom stereocenters. The summed E-state index contributed by atoms with van der Waals surface area (Å²) in [6, 6.07) is 0. The van der Waals surface area contributed by atoms with Crippen LogP contribution in [0.1, 0.15) is 34.7 Å². The van der Waals surface area contributed by atoms with Gasteiger partial charge in [-0.3, -0.25) is 0 Å². The van der Waals surface area contributed by atoms with E-state index >= 15 is 0 Å². The standard InChI is InChI=1S/C13H18N4S/c1-5-11-8(2)15-12(17-13(11)14-4)6-10-7-18-9(3)16-10/h7H,5-6H2,1-4H3,(H,14,15,17). The average molecular weight is 262 g/mol. The topological polar surface area (TPSA) is 50.7 Å². The van der Waals surface area contributed by atoms with Crippen LogP contribution in [0.3, 0.4) is 0 Å². The maximum atomic E-state index is 4.57. The third-order valence-electron chi connectivity index (χ3n) is 2.86. The SMILES string of the molecule is CCc1c(C)nc(Cc2csc(C)n2)nc1NC. The first kappa shape index (κ1) is 13.0. The zero-order valence-corrected chi connectivity index (χ0v) is 12.1. The quantitative estimate of drug-likeness (QED) is 0.920. The van der Waals surface area contributed by atoms with Gasteiger partial charge in [-0.05, 0) is 20.3 Å². The molecule has 0 spiro atoms. The molecule has 0 atom stereocenters. The molecule has 0 amide bonds. The summed E-state index contributed by atoms with van der Waals surface area (Å²) in [7, 11) is 1.90. The third kappa shape index (κ3) is 2.67. The van der Waals surface area contributed by atoms with Crippen molar-refractivity contribution >= 4 is 17.2 Å². The second-order valence-electron chi connectivity index (χ2n) is 4.19. The van der Waals surface area contributed by atoms with E-state index in [1.165, 1.54) is 5.56 Å². The number of nitrogens with one attached hydrogen (secondary N) is 1. The number of hydrogen-bond donors (Lipinski definition) is 1. The van der Waals surface area contributed by atoms with Crippen LogP contribution in [-0.2, 0) is 12.8 Å². The van der Waals surface area contributed by atoms with Crippen LogP contribution in [0.25, 0.3) is 0 Å². The molecule has 5 heteroatoms. The molecule has 0 bridgehead atoms. The molecule has 0 radical (unpaired) electrons. The predicted molar refractivity (Wildman–Crippen MR) is 75.4 cm³/mol. The fourth-order valence-electron chi connectivity index (χ4n) is 2.01. The van der Waals surface area contributed by atoms with Crippen LogP contribution in [0.5, 0.6) is 0 Å². The predicted octanol–water partition coefficient (Wildman–Crippen LogP) is 2.74. The van der Waals surface area contributed by atoms with E-state index < -0.39 is 0 Å². The molecule has 2 aromatic rings. The Labute approximate surface area is 112 Å². The summed E-state index contributed by atoms with van der Waals surface area (Å²) >= 11 is 1.66. The van der Waals surface area contributed by atoms with E-state index in [0.29, 0.717) is 6.42 Å². The highest BCUT2D eigenvalue weighted by Gasteiger charge is 2.10. The van der Waals surface area contributed by atoms with Crippen LogP contribution in [0.2, 0.25) is 0 Å². The molecule has 96 valence electrons. The van der Waals surface area contributed by atoms with Gasteiger partial charge in [-0.2, -0.15) is 0 Å². The molecule has 18 heavy (non-hydrogen) atoms. The second-order valence-corrected chi connectivity index (χ2v) is 5.25. The number of nitrogens with zero attached hydrogens (tertiary/aromatic N) is 3. The zero-order valence-electron chi connectivity index (χ0n) is 11.2. The Hall–Kier alpha value is -1.49. The molecule has 0 aliphatic heterocycles. The normalized spacial score (nSPS) is 10.7. The van der Waals surface area contributed by atoms with Crippen molar-refractivity contribution < 1.29 is 0 Å². The maximum absolute atomic E-state index is 4.57. The molecular weight excluding hydrogens is 244 g/mol. The van der Waals surface area contributed by atoms with Gasteiger partial charge in [0.15, 0.2) is 0 Å². The first-order chi connectivity index (χ1) is 8.63. The Morgan fingerprint density at radius 3 is 2.56 bits per heavy atom. The number of hydrogen-bond acceptors (Lipinski definition) is 5. The highest BCUT2D eigenvalue weighted by molar-refractivity contribution is 7.09. The van der Waals surface area contributed by atoms with Gasteiger partial charge < -0.3 is 5.32 Å². The van der Waals surface area contributed by atoms with E-state index in [9.17, 15) is 0 Å². The molecule has 0 saturated carbocycles. The number of aryl methyl sites for hydroxylation is 2. The summed E-state index contributed by atoms with van der Waals surface area (Å²) in [5, 5.41) is 6.30. The van der Waals surface area contributed by atoms with E-state index in [4.69, 9.17) is 0 Å². The number of anilines is 1. The highest BCUT2D eigenvalue weighted by atomic mass is 32.1. The van der Waals surface area contributed by atoms with Crippen molar-refractivity contribution in [3.8, 4) is 0 Å². The Bertz CT molecular complexity index is 548. The molecule has 4 nitrogen and oxygen atoms in total. The van der Waals surface area contributed by atoms with Crippen LogP contribution in [0.4, 0.5) is 5.82 Å². The summed E-state index contributed by atoms with van der Waals surface area (Å²) in [5.74, 6) is 1.77. The summed E-state index contributed by atoms with van der Waals surface area (Å²) in [4.78, 5) is 13.6. The van der Waals surface area contributed by atoms with Crippen molar-refractivity contribution in [1.29, 1.82) is 0 Å². The van der Waals surface area contributed by atoms with E-state index in [0.717, 1.165) is 34.5 Å². The monoisotopic (exact) mass is 262 g/mol. The molecule has 0 saturated heterocycles. The lowest BCUT2D eigenvalue weighted by Crippen LogP contribution is -2.07. The summed E-state index contributed by atoms with van der Waals surface area (Å²) in [6.07, 6.45) is 1.64. The van der Waals surface area contributed by atoms with E-state index in [2.05, 4.69) is 32.6 Å². The minimum atomic E-state index is 0.698. The Balaban J connectivity index is 2.31. The zero-order chi connectivity index (χ0) is 13.1. The van der Waals surface area contributed by atoms with Crippen LogP contribution >= 0.6 is 11.3 Å². The van der Waals surface area contributed by atoms with Crippen LogP contribution < -0.4 is 5.32 Å². The molecule has 0 fully saturated rings. The summed E-state index contributed by atoms with van der Waals surface area (Å²) in [5.41, 5.74) is 3.29. The van der Waals surface area contributed by atoms with Gasteiger partial charge in [0, 0.05) is 23.7 Å². The van der Waals surface area contributed by atoms with E-state index in [-0.39, 0.29) is 0 Å². The van der Waals surface area contributed by atoms with Gasteiger partial charge in [0.1, 0.15) is 11.6 Å². The van der Waals surface area contributed by atoms with Crippen LogP contribution in [0, 0.1) is 13.8 Å². The summed E-state index contributed by atoms with van der Waals surface area (Å²) in [6.45, 7) is 6.17. The van der Waals surface area contributed by atoms with Gasteiger partial charge in [-0.25, -0.2) is 15.0 Å². The van der Waals surface area contributed by atoms with Crippen LogP contribution in [-0.4, -0.2) is 22.0 Å². The molecule has 2 rings (SSSR count). The molecule has 0 aromatic carbocycles. The molecular formula is C13H18N4S. The van der Waals surface area contributed by atoms with Crippen molar-refractivity contribution in [1.82, 2.24) is 15.0 Å². The van der Waals surface area contributed by atoms with Crippen molar-refractivity contribution in [3.05, 3.63) is 33.2 Å². The lowest BCUT2D eigenvalue weighted by atomic mass is 10.1. The van der Waals surface area contributed by atoms with Crippen molar-refractivity contribution in [2.75, 3.05) is 12.4 Å². The fraction of sp³-hybridized carbons (Fsp3) is 0.462. The average Bonchev–Trinajstić information content (AvgIpc) is 2.74. The summed E-state index contributed by atoms with van der Waals surface area (Å²) < 4.78 is 0. The number of aromatic nitrogens is 3. The highest BCUT2D eigenvalue weighted by Crippen LogP contribution is 2.18. The van der Waals surface area contributed by atoms with Gasteiger partial charge in [0.2, 0.25) is 0 Å². The molecule has 2 heterocycles. The van der Waals surface area contributed by atoms with Gasteiger partial charge in [0.25, 0.3) is 0 Å². The first-order valence-corrected chi connectivity index (χ1v) is 6.97. The van der Waals surface area contributed by atoms with Gasteiger partial charge in [-0.1, -0.05) is 6.92 Å². The second kappa shape index (κ2) is 5.44. The van der Waals surface area contributed by atoms with Gasteiger partial charge in [-0.15, -0.1) is 11.3 Å². The molecule has 0 aliphatic rings. The van der Waals surface area contributed by atoms with E-state index in [1.807, 2.05) is 20.9 Å².